The van der Waals surface area contributed by atoms with Crippen LogP contribution in [0.15, 0.2) is 18.2 Å². The number of rotatable bonds is 3. The maximum absolute atomic E-state index is 11.3. The third-order valence-corrected chi connectivity index (χ3v) is 3.49. The van der Waals surface area contributed by atoms with Gasteiger partial charge in [0.15, 0.2) is 0 Å². The minimum Gasteiger partial charge on any atom is -0.497 e. The van der Waals surface area contributed by atoms with Crippen LogP contribution in [0.3, 0.4) is 0 Å². The minimum absolute atomic E-state index is 0.0891. The van der Waals surface area contributed by atoms with Gasteiger partial charge in [0.25, 0.3) is 0 Å². The number of benzene rings is 1. The molecule has 0 radical (unpaired) electrons. The van der Waals surface area contributed by atoms with E-state index in [0.717, 1.165) is 17.5 Å². The molecule has 0 saturated carbocycles. The Morgan fingerprint density at radius 1 is 1.61 bits per heavy atom. The quantitative estimate of drug-likeness (QED) is 0.816. The Morgan fingerprint density at radius 3 is 3.06 bits per heavy atom. The molecule has 0 bridgehead atoms. The van der Waals surface area contributed by atoms with Crippen molar-refractivity contribution in [2.75, 3.05) is 13.0 Å². The zero-order valence-corrected chi connectivity index (χ0v) is 10.9. The van der Waals surface area contributed by atoms with Gasteiger partial charge in [-0.15, -0.1) is 11.6 Å². The average Bonchev–Trinajstić information content (AvgIpc) is 2.41. The van der Waals surface area contributed by atoms with Crippen LogP contribution in [-0.2, 0) is 11.2 Å². The first-order valence-corrected chi connectivity index (χ1v) is 6.39. The van der Waals surface area contributed by atoms with Crippen molar-refractivity contribution in [1.29, 1.82) is 0 Å². The van der Waals surface area contributed by atoms with Crippen LogP contribution in [0.2, 0.25) is 0 Å². The van der Waals surface area contributed by atoms with Gasteiger partial charge in [-0.2, -0.15) is 0 Å². The molecule has 18 heavy (non-hydrogen) atoms. The first kappa shape index (κ1) is 13.2. The second-order valence-corrected chi connectivity index (χ2v) is 4.62. The lowest BCUT2D eigenvalue weighted by molar-refractivity contribution is -0.120. The Labute approximate surface area is 111 Å². The van der Waals surface area contributed by atoms with Gasteiger partial charge in [0.1, 0.15) is 11.6 Å². The van der Waals surface area contributed by atoms with Gasteiger partial charge in [-0.1, -0.05) is 6.07 Å². The molecule has 4 nitrogen and oxygen atoms in total. The van der Waals surface area contributed by atoms with Crippen molar-refractivity contribution >= 4 is 17.5 Å². The van der Waals surface area contributed by atoms with E-state index in [2.05, 4.69) is 5.32 Å². The van der Waals surface area contributed by atoms with Crippen molar-refractivity contribution in [1.82, 2.24) is 5.32 Å². The van der Waals surface area contributed by atoms with Crippen LogP contribution in [0.5, 0.6) is 5.75 Å². The van der Waals surface area contributed by atoms with E-state index in [4.69, 9.17) is 16.3 Å². The summed E-state index contributed by atoms with van der Waals surface area (Å²) in [5.41, 5.74) is 1.92. The predicted octanol–water partition coefficient (Wildman–Crippen LogP) is 1.40. The van der Waals surface area contributed by atoms with E-state index in [1.165, 1.54) is 0 Å². The summed E-state index contributed by atoms with van der Waals surface area (Å²) in [5.74, 6) is 0.359. The zero-order chi connectivity index (χ0) is 13.1. The SMILES string of the molecule is COc1ccc2c(c1)C(O)C(NC(=O)CCl)CC2. The highest BCUT2D eigenvalue weighted by molar-refractivity contribution is 6.27. The lowest BCUT2D eigenvalue weighted by atomic mass is 9.85. The van der Waals surface area contributed by atoms with E-state index in [0.29, 0.717) is 12.2 Å². The summed E-state index contributed by atoms with van der Waals surface area (Å²) in [4.78, 5) is 11.3. The highest BCUT2D eigenvalue weighted by Crippen LogP contribution is 2.32. The molecule has 0 heterocycles. The van der Waals surface area contributed by atoms with Crippen molar-refractivity contribution in [2.45, 2.75) is 25.0 Å². The molecule has 1 aromatic rings. The van der Waals surface area contributed by atoms with Crippen LogP contribution in [0.4, 0.5) is 0 Å². The fourth-order valence-corrected chi connectivity index (χ4v) is 2.36. The molecule has 1 aliphatic carbocycles. The Balaban J connectivity index is 2.20. The molecule has 2 atom stereocenters. The van der Waals surface area contributed by atoms with E-state index < -0.39 is 6.10 Å². The van der Waals surface area contributed by atoms with Crippen LogP contribution in [0.1, 0.15) is 23.7 Å². The Bertz CT molecular complexity index is 450. The van der Waals surface area contributed by atoms with Gasteiger partial charge >= 0.3 is 0 Å². The molecule has 1 aliphatic rings. The molecule has 1 amide bonds. The Morgan fingerprint density at radius 2 is 2.39 bits per heavy atom. The average molecular weight is 270 g/mol. The summed E-state index contributed by atoms with van der Waals surface area (Å²) < 4.78 is 5.15. The maximum atomic E-state index is 11.3. The summed E-state index contributed by atoms with van der Waals surface area (Å²) in [5, 5.41) is 13.0. The van der Waals surface area contributed by atoms with Crippen molar-refractivity contribution in [3.05, 3.63) is 29.3 Å². The van der Waals surface area contributed by atoms with Gasteiger partial charge in [-0.25, -0.2) is 0 Å². The summed E-state index contributed by atoms with van der Waals surface area (Å²) in [6.45, 7) is 0. The molecule has 2 unspecified atom stereocenters. The number of carbonyl (C=O) groups excluding carboxylic acids is 1. The molecule has 0 aromatic heterocycles. The van der Waals surface area contributed by atoms with Gasteiger partial charge in [-0.3, -0.25) is 4.79 Å². The summed E-state index contributed by atoms with van der Waals surface area (Å²) in [7, 11) is 1.59. The highest BCUT2D eigenvalue weighted by Gasteiger charge is 2.29. The van der Waals surface area contributed by atoms with Crippen molar-refractivity contribution in [3.63, 3.8) is 0 Å². The van der Waals surface area contributed by atoms with Gasteiger partial charge in [0.05, 0.1) is 19.3 Å². The van der Waals surface area contributed by atoms with Crippen LogP contribution in [0, 0.1) is 0 Å². The third kappa shape index (κ3) is 2.60. The standard InChI is InChI=1S/C13H16ClNO3/c1-18-9-4-2-8-3-5-11(15-12(16)7-14)13(17)10(8)6-9/h2,4,6,11,13,17H,3,5,7H2,1H3,(H,15,16). The van der Waals surface area contributed by atoms with Gasteiger partial charge < -0.3 is 15.2 Å². The molecular weight excluding hydrogens is 254 g/mol. The monoisotopic (exact) mass is 269 g/mol. The van der Waals surface area contributed by atoms with Crippen LogP contribution >= 0.6 is 11.6 Å². The summed E-state index contributed by atoms with van der Waals surface area (Å²) >= 11 is 5.45. The molecular formula is C13H16ClNO3. The van der Waals surface area contributed by atoms with Gasteiger partial charge in [0.2, 0.25) is 5.91 Å². The number of hydrogen-bond donors (Lipinski definition) is 2. The first-order valence-electron chi connectivity index (χ1n) is 5.86. The van der Waals surface area contributed by atoms with Gasteiger partial charge in [-0.05, 0) is 36.1 Å². The van der Waals surface area contributed by atoms with E-state index >= 15 is 0 Å². The van der Waals surface area contributed by atoms with Crippen molar-refractivity contribution < 1.29 is 14.6 Å². The molecule has 2 rings (SSSR count). The largest absolute Gasteiger partial charge is 0.497 e. The topological polar surface area (TPSA) is 58.6 Å². The summed E-state index contributed by atoms with van der Waals surface area (Å²) in [6, 6.07) is 5.37. The number of halogens is 1. The molecule has 98 valence electrons. The zero-order valence-electron chi connectivity index (χ0n) is 10.1. The summed E-state index contributed by atoms with van der Waals surface area (Å²) in [6.07, 6.45) is 0.822. The molecule has 5 heteroatoms. The van der Waals surface area contributed by atoms with E-state index in [1.807, 2.05) is 18.2 Å². The van der Waals surface area contributed by atoms with Gasteiger partial charge in [0, 0.05) is 0 Å². The van der Waals surface area contributed by atoms with E-state index in [1.54, 1.807) is 7.11 Å². The van der Waals surface area contributed by atoms with Crippen LogP contribution < -0.4 is 10.1 Å². The molecule has 0 spiro atoms. The normalized spacial score (nSPS) is 22.2. The number of fused-ring (bicyclic) bond motifs is 1. The number of aliphatic hydroxyl groups is 1. The fraction of sp³-hybridized carbons (Fsp3) is 0.462. The number of hydrogen-bond acceptors (Lipinski definition) is 3. The molecule has 1 aromatic carbocycles. The third-order valence-electron chi connectivity index (χ3n) is 3.25. The number of aryl methyl sites for hydroxylation is 1. The molecule has 2 N–H and O–H groups in total. The Kier molecular flexibility index (Phi) is 4.09. The van der Waals surface area contributed by atoms with E-state index in [-0.39, 0.29) is 17.8 Å². The van der Waals surface area contributed by atoms with Crippen molar-refractivity contribution in [2.24, 2.45) is 0 Å². The van der Waals surface area contributed by atoms with Crippen LogP contribution in [-0.4, -0.2) is 30.0 Å². The smallest absolute Gasteiger partial charge is 0.235 e. The second kappa shape index (κ2) is 5.59. The second-order valence-electron chi connectivity index (χ2n) is 4.36. The number of ether oxygens (including phenoxy) is 1. The van der Waals surface area contributed by atoms with Crippen molar-refractivity contribution in [3.8, 4) is 5.75 Å². The van der Waals surface area contributed by atoms with Crippen LogP contribution in [0.25, 0.3) is 0 Å². The number of alkyl halides is 1. The molecule has 0 aliphatic heterocycles. The highest BCUT2D eigenvalue weighted by atomic mass is 35.5. The fourth-order valence-electron chi connectivity index (χ4n) is 2.29. The minimum atomic E-state index is -0.712. The number of aliphatic hydroxyl groups excluding tert-OH is 1. The maximum Gasteiger partial charge on any atom is 0.235 e. The number of amides is 1. The molecule has 0 fully saturated rings. The molecule has 0 saturated heterocycles. The lowest BCUT2D eigenvalue weighted by Crippen LogP contribution is -2.42. The number of carbonyl (C=O) groups is 1. The number of methoxy groups -OCH3 is 1. The predicted molar refractivity (Wildman–Crippen MR) is 68.9 cm³/mol. The lowest BCUT2D eigenvalue weighted by Gasteiger charge is -2.30. The first-order chi connectivity index (χ1) is 8.65. The number of nitrogens with one attached hydrogen (secondary N) is 1. The Hall–Kier alpha value is -1.26. The van der Waals surface area contributed by atoms with E-state index in [9.17, 15) is 9.90 Å².